The van der Waals surface area contributed by atoms with Gasteiger partial charge in [-0.25, -0.2) is 0 Å². The maximum atomic E-state index is 12.5. The van der Waals surface area contributed by atoms with Gasteiger partial charge in [0.15, 0.2) is 0 Å². The number of carbonyl (C=O) groups excluding carboxylic acids is 2. The summed E-state index contributed by atoms with van der Waals surface area (Å²) in [6, 6.07) is 0.796. The smallest absolute Gasteiger partial charge is 0.223 e. The van der Waals surface area contributed by atoms with E-state index < -0.39 is 0 Å². The lowest BCUT2D eigenvalue weighted by Gasteiger charge is -2.37. The highest BCUT2D eigenvalue weighted by atomic mass is 16.2. The second-order valence-corrected chi connectivity index (χ2v) is 6.79. The van der Waals surface area contributed by atoms with E-state index in [2.05, 4.69) is 13.8 Å². The van der Waals surface area contributed by atoms with Gasteiger partial charge in [0.2, 0.25) is 11.8 Å². The normalized spacial score (nSPS) is 26.1. The lowest BCUT2D eigenvalue weighted by molar-refractivity contribution is -0.141. The molecule has 0 aliphatic carbocycles. The molecule has 0 aromatic rings. The molecule has 0 saturated carbocycles. The zero-order valence-corrected chi connectivity index (χ0v) is 14.4. The van der Waals surface area contributed by atoms with Gasteiger partial charge in [-0.2, -0.15) is 0 Å². The first-order valence-corrected chi connectivity index (χ1v) is 9.26. The Morgan fingerprint density at radius 2 is 1.18 bits per heavy atom. The van der Waals surface area contributed by atoms with E-state index in [9.17, 15) is 9.59 Å². The number of piperidine rings is 2. The minimum atomic E-state index is 0.185. The van der Waals surface area contributed by atoms with Gasteiger partial charge in [0.1, 0.15) is 0 Å². The fraction of sp³-hybridized carbons (Fsp3) is 0.889. The Balaban J connectivity index is 1.83. The molecular weight excluding hydrogens is 276 g/mol. The summed E-state index contributed by atoms with van der Waals surface area (Å²) in [6.07, 6.45) is 9.78. The third-order valence-corrected chi connectivity index (χ3v) is 5.39. The van der Waals surface area contributed by atoms with Crippen molar-refractivity contribution in [2.24, 2.45) is 0 Å². The van der Waals surface area contributed by atoms with Crippen LogP contribution in [-0.2, 0) is 9.59 Å². The Hall–Kier alpha value is -1.06. The largest absolute Gasteiger partial charge is 0.340 e. The van der Waals surface area contributed by atoms with Crippen LogP contribution in [-0.4, -0.2) is 46.8 Å². The SMILES string of the molecule is CCC1CCCCN1C(=O)CCC(=O)N1CCCCC1CC. The molecule has 2 saturated heterocycles. The zero-order chi connectivity index (χ0) is 15.9. The highest BCUT2D eigenvalue weighted by Gasteiger charge is 2.28. The first kappa shape index (κ1) is 17.3. The number of rotatable bonds is 5. The van der Waals surface area contributed by atoms with E-state index in [1.165, 1.54) is 12.8 Å². The minimum absolute atomic E-state index is 0.185. The Bertz CT molecular complexity index is 347. The van der Waals surface area contributed by atoms with Crippen LogP contribution in [0.5, 0.6) is 0 Å². The molecule has 0 aromatic carbocycles. The Kier molecular flexibility index (Phi) is 6.71. The molecule has 0 spiro atoms. The average molecular weight is 308 g/mol. The fourth-order valence-corrected chi connectivity index (χ4v) is 4.01. The van der Waals surface area contributed by atoms with E-state index in [4.69, 9.17) is 0 Å². The third kappa shape index (κ3) is 4.23. The Labute approximate surface area is 135 Å². The first-order chi connectivity index (χ1) is 10.7. The summed E-state index contributed by atoms with van der Waals surface area (Å²) < 4.78 is 0. The lowest BCUT2D eigenvalue weighted by Crippen LogP contribution is -2.45. The number of likely N-dealkylation sites (tertiary alicyclic amines) is 2. The molecule has 2 aliphatic heterocycles. The van der Waals surface area contributed by atoms with Crippen LogP contribution in [0.1, 0.15) is 78.1 Å². The maximum absolute atomic E-state index is 12.5. The van der Waals surface area contributed by atoms with Crippen molar-refractivity contribution < 1.29 is 9.59 Å². The summed E-state index contributed by atoms with van der Waals surface area (Å²) in [7, 11) is 0. The van der Waals surface area contributed by atoms with E-state index in [0.29, 0.717) is 24.9 Å². The van der Waals surface area contributed by atoms with Crippen molar-refractivity contribution in [3.05, 3.63) is 0 Å². The molecule has 22 heavy (non-hydrogen) atoms. The monoisotopic (exact) mass is 308 g/mol. The van der Waals surface area contributed by atoms with Crippen molar-refractivity contribution in [1.29, 1.82) is 0 Å². The van der Waals surface area contributed by atoms with Crippen molar-refractivity contribution >= 4 is 11.8 Å². The van der Waals surface area contributed by atoms with Gasteiger partial charge in [-0.15, -0.1) is 0 Å². The fourth-order valence-electron chi connectivity index (χ4n) is 4.01. The van der Waals surface area contributed by atoms with Gasteiger partial charge in [0.05, 0.1) is 0 Å². The van der Waals surface area contributed by atoms with Crippen molar-refractivity contribution in [2.75, 3.05) is 13.1 Å². The van der Waals surface area contributed by atoms with Gasteiger partial charge < -0.3 is 9.80 Å². The van der Waals surface area contributed by atoms with Gasteiger partial charge >= 0.3 is 0 Å². The molecule has 0 radical (unpaired) electrons. The molecule has 2 unspecified atom stereocenters. The molecule has 2 aliphatic rings. The summed E-state index contributed by atoms with van der Waals surface area (Å²) >= 11 is 0. The zero-order valence-electron chi connectivity index (χ0n) is 14.4. The van der Waals surface area contributed by atoms with Crippen molar-refractivity contribution in [3.8, 4) is 0 Å². The van der Waals surface area contributed by atoms with E-state index >= 15 is 0 Å². The summed E-state index contributed by atoms with van der Waals surface area (Å²) in [5.41, 5.74) is 0. The van der Waals surface area contributed by atoms with Crippen molar-refractivity contribution in [2.45, 2.75) is 90.1 Å². The van der Waals surface area contributed by atoms with Crippen LogP contribution >= 0.6 is 0 Å². The predicted molar refractivity (Wildman–Crippen MR) is 88.5 cm³/mol. The molecular formula is C18H32N2O2. The van der Waals surface area contributed by atoms with E-state index in [1.54, 1.807) is 0 Å². The van der Waals surface area contributed by atoms with Crippen LogP contribution in [0.4, 0.5) is 0 Å². The van der Waals surface area contributed by atoms with E-state index in [-0.39, 0.29) is 11.8 Å². The number of hydrogen-bond donors (Lipinski definition) is 0. The molecule has 2 fully saturated rings. The number of nitrogens with zero attached hydrogens (tertiary/aromatic N) is 2. The molecule has 2 atom stereocenters. The van der Waals surface area contributed by atoms with Crippen LogP contribution in [0.15, 0.2) is 0 Å². The Morgan fingerprint density at radius 3 is 1.55 bits per heavy atom. The highest BCUT2D eigenvalue weighted by molar-refractivity contribution is 5.84. The first-order valence-electron chi connectivity index (χ1n) is 9.26. The lowest BCUT2D eigenvalue weighted by atomic mass is 9.98. The van der Waals surface area contributed by atoms with Crippen LogP contribution in [0.2, 0.25) is 0 Å². The van der Waals surface area contributed by atoms with Crippen LogP contribution < -0.4 is 0 Å². The summed E-state index contributed by atoms with van der Waals surface area (Å²) in [5.74, 6) is 0.370. The standard InChI is InChI=1S/C18H32N2O2/c1-3-15-9-5-7-13-19(15)17(21)11-12-18(22)20-14-8-6-10-16(20)4-2/h15-16H,3-14H2,1-2H3. The van der Waals surface area contributed by atoms with Crippen molar-refractivity contribution in [1.82, 2.24) is 9.80 Å². The molecule has 0 N–H and O–H groups in total. The second-order valence-electron chi connectivity index (χ2n) is 6.79. The minimum Gasteiger partial charge on any atom is -0.340 e. The Morgan fingerprint density at radius 1 is 0.773 bits per heavy atom. The number of carbonyl (C=O) groups is 2. The maximum Gasteiger partial charge on any atom is 0.223 e. The molecule has 2 rings (SSSR count). The molecule has 0 aromatic heterocycles. The highest BCUT2D eigenvalue weighted by Crippen LogP contribution is 2.23. The topological polar surface area (TPSA) is 40.6 Å². The van der Waals surface area contributed by atoms with Gasteiger partial charge in [-0.05, 0) is 51.4 Å². The summed E-state index contributed by atoms with van der Waals surface area (Å²) in [5, 5.41) is 0. The van der Waals surface area contributed by atoms with Gasteiger partial charge in [0, 0.05) is 38.0 Å². The van der Waals surface area contributed by atoms with Crippen LogP contribution in [0, 0.1) is 0 Å². The quantitative estimate of drug-likeness (QED) is 0.781. The van der Waals surface area contributed by atoms with Gasteiger partial charge in [-0.1, -0.05) is 13.8 Å². The molecule has 4 nitrogen and oxygen atoms in total. The summed E-state index contributed by atoms with van der Waals surface area (Å²) in [6.45, 7) is 6.07. The van der Waals surface area contributed by atoms with Crippen LogP contribution in [0.3, 0.4) is 0 Å². The molecule has 0 bridgehead atoms. The van der Waals surface area contributed by atoms with Crippen molar-refractivity contribution in [3.63, 3.8) is 0 Å². The van der Waals surface area contributed by atoms with E-state index in [1.807, 2.05) is 9.80 Å². The summed E-state index contributed by atoms with van der Waals surface area (Å²) in [4.78, 5) is 29.0. The van der Waals surface area contributed by atoms with E-state index in [0.717, 1.165) is 51.6 Å². The number of amides is 2. The van der Waals surface area contributed by atoms with Crippen LogP contribution in [0.25, 0.3) is 0 Å². The molecule has 126 valence electrons. The molecule has 2 amide bonds. The molecule has 4 heteroatoms. The number of hydrogen-bond acceptors (Lipinski definition) is 2. The van der Waals surface area contributed by atoms with Gasteiger partial charge in [0.25, 0.3) is 0 Å². The molecule has 2 heterocycles. The third-order valence-electron chi connectivity index (χ3n) is 5.39. The second kappa shape index (κ2) is 8.54. The van der Waals surface area contributed by atoms with Gasteiger partial charge in [-0.3, -0.25) is 9.59 Å². The average Bonchev–Trinajstić information content (AvgIpc) is 2.59. The predicted octanol–water partition coefficient (Wildman–Crippen LogP) is 3.35.